The van der Waals surface area contributed by atoms with Crippen molar-refractivity contribution in [3.63, 3.8) is 0 Å². The van der Waals surface area contributed by atoms with Gasteiger partial charge in [-0.05, 0) is 43.3 Å². The lowest BCUT2D eigenvalue weighted by atomic mass is 9.82. The number of hydrogen-bond acceptors (Lipinski definition) is 2. The van der Waals surface area contributed by atoms with Crippen molar-refractivity contribution in [3.8, 4) is 0 Å². The Hall–Kier alpha value is -0.540. The summed E-state index contributed by atoms with van der Waals surface area (Å²) in [6.45, 7) is 0.771. The van der Waals surface area contributed by atoms with E-state index >= 15 is 0 Å². The summed E-state index contributed by atoms with van der Waals surface area (Å²) in [6, 6.07) is 0.511. The maximum atomic E-state index is 6.06. The lowest BCUT2D eigenvalue weighted by molar-refractivity contribution is 0.229. The van der Waals surface area contributed by atoms with E-state index in [1.54, 1.807) is 6.20 Å². The zero-order valence-electron chi connectivity index (χ0n) is 8.90. The highest BCUT2D eigenvalue weighted by molar-refractivity contribution is 6.28. The molecule has 1 fully saturated rings. The van der Waals surface area contributed by atoms with Gasteiger partial charge in [0.05, 0.1) is 0 Å². The van der Waals surface area contributed by atoms with Crippen LogP contribution in [-0.2, 0) is 0 Å². The molecule has 2 atom stereocenters. The van der Waals surface area contributed by atoms with Gasteiger partial charge in [0.15, 0.2) is 0 Å². The molecule has 0 radical (unpaired) electrons. The molecule has 4 heteroatoms. The molecule has 2 unspecified atom stereocenters. The van der Waals surface area contributed by atoms with Crippen molar-refractivity contribution in [3.05, 3.63) is 17.7 Å². The quantitative estimate of drug-likeness (QED) is 0.863. The molecule has 0 saturated heterocycles. The Morgan fingerprint density at radius 3 is 2.93 bits per heavy atom. The second kappa shape index (κ2) is 4.99. The summed E-state index contributed by atoms with van der Waals surface area (Å²) in [5.41, 5.74) is 5.66. The van der Waals surface area contributed by atoms with Crippen LogP contribution in [0, 0.1) is 5.92 Å². The van der Waals surface area contributed by atoms with Gasteiger partial charge in [-0.3, -0.25) is 0 Å². The van der Waals surface area contributed by atoms with Crippen molar-refractivity contribution < 1.29 is 0 Å². The lowest BCUT2D eigenvalue weighted by Gasteiger charge is -2.32. The van der Waals surface area contributed by atoms with Gasteiger partial charge in [-0.15, -0.1) is 0 Å². The number of nitrogens with zero attached hydrogens (tertiary/aromatic N) is 2. The highest BCUT2D eigenvalue weighted by atomic mass is 35.5. The molecule has 1 aromatic rings. The molecule has 0 bridgehead atoms. The normalized spacial score (nSPS) is 26.8. The highest BCUT2D eigenvalue weighted by Gasteiger charge is 2.26. The molecule has 0 aromatic carbocycles. The van der Waals surface area contributed by atoms with Crippen LogP contribution in [0.5, 0.6) is 0 Å². The standard InChI is InChI=1S/C11H18ClN3/c12-11-14-7-8-15(11)10-4-2-1-3-9(10)5-6-13/h7-10H,1-6,13H2. The summed E-state index contributed by atoms with van der Waals surface area (Å²) in [4.78, 5) is 4.08. The van der Waals surface area contributed by atoms with Crippen LogP contribution in [0.4, 0.5) is 0 Å². The third kappa shape index (κ3) is 2.34. The Balaban J connectivity index is 2.14. The first-order valence-electron chi connectivity index (χ1n) is 5.71. The number of rotatable bonds is 3. The van der Waals surface area contributed by atoms with E-state index in [9.17, 15) is 0 Å². The molecule has 1 aromatic heterocycles. The number of halogens is 1. The Kier molecular flexibility index (Phi) is 3.65. The van der Waals surface area contributed by atoms with E-state index in [0.717, 1.165) is 13.0 Å². The number of imidazole rings is 1. The van der Waals surface area contributed by atoms with Crippen LogP contribution in [0.15, 0.2) is 12.4 Å². The number of aromatic nitrogens is 2. The molecule has 3 nitrogen and oxygen atoms in total. The van der Waals surface area contributed by atoms with Crippen molar-refractivity contribution in [2.24, 2.45) is 11.7 Å². The zero-order valence-corrected chi connectivity index (χ0v) is 9.66. The predicted octanol–water partition coefficient (Wildman–Crippen LogP) is 2.62. The third-order valence-electron chi connectivity index (χ3n) is 3.39. The fourth-order valence-electron chi connectivity index (χ4n) is 2.65. The van der Waals surface area contributed by atoms with Gasteiger partial charge >= 0.3 is 0 Å². The first-order chi connectivity index (χ1) is 7.33. The lowest BCUT2D eigenvalue weighted by Crippen LogP contribution is -2.25. The molecule has 84 valence electrons. The van der Waals surface area contributed by atoms with E-state index in [0.29, 0.717) is 17.2 Å². The Morgan fingerprint density at radius 2 is 2.27 bits per heavy atom. The average molecular weight is 228 g/mol. The van der Waals surface area contributed by atoms with Gasteiger partial charge in [0.25, 0.3) is 0 Å². The monoisotopic (exact) mass is 227 g/mol. The number of hydrogen-bond donors (Lipinski definition) is 1. The second-order valence-corrected chi connectivity index (χ2v) is 4.63. The van der Waals surface area contributed by atoms with Gasteiger partial charge in [-0.1, -0.05) is 12.8 Å². The average Bonchev–Trinajstić information content (AvgIpc) is 2.66. The molecule has 0 amide bonds. The molecule has 0 aliphatic heterocycles. The third-order valence-corrected chi connectivity index (χ3v) is 3.68. The minimum Gasteiger partial charge on any atom is -0.330 e. The molecule has 1 aliphatic rings. The maximum absolute atomic E-state index is 6.06. The summed E-state index contributed by atoms with van der Waals surface area (Å²) < 4.78 is 2.11. The van der Waals surface area contributed by atoms with Crippen LogP contribution < -0.4 is 5.73 Å². The first-order valence-corrected chi connectivity index (χ1v) is 6.09. The second-order valence-electron chi connectivity index (χ2n) is 4.29. The Bertz CT molecular complexity index is 309. The van der Waals surface area contributed by atoms with Gasteiger partial charge in [0.2, 0.25) is 5.28 Å². The molecular formula is C11H18ClN3. The molecular weight excluding hydrogens is 210 g/mol. The topological polar surface area (TPSA) is 43.8 Å². The summed E-state index contributed by atoms with van der Waals surface area (Å²) in [5, 5.41) is 0.615. The molecule has 1 aliphatic carbocycles. The van der Waals surface area contributed by atoms with E-state index in [1.165, 1.54) is 25.7 Å². The largest absolute Gasteiger partial charge is 0.330 e. The Morgan fingerprint density at radius 1 is 1.47 bits per heavy atom. The molecule has 2 N–H and O–H groups in total. The molecule has 15 heavy (non-hydrogen) atoms. The van der Waals surface area contributed by atoms with Crippen LogP contribution in [0.2, 0.25) is 5.28 Å². The van der Waals surface area contributed by atoms with Crippen molar-refractivity contribution >= 4 is 11.6 Å². The summed E-state index contributed by atoms with van der Waals surface area (Å²) in [7, 11) is 0. The van der Waals surface area contributed by atoms with Crippen molar-refractivity contribution in [1.29, 1.82) is 0 Å². The molecule has 1 heterocycles. The van der Waals surface area contributed by atoms with Crippen LogP contribution in [0.1, 0.15) is 38.1 Å². The molecule has 2 rings (SSSR count). The van der Waals surface area contributed by atoms with Gasteiger partial charge in [0.1, 0.15) is 0 Å². The SMILES string of the molecule is NCCC1CCCCC1n1ccnc1Cl. The fraction of sp³-hybridized carbons (Fsp3) is 0.727. The zero-order chi connectivity index (χ0) is 10.7. The van der Waals surface area contributed by atoms with Gasteiger partial charge in [-0.2, -0.15) is 0 Å². The van der Waals surface area contributed by atoms with Gasteiger partial charge < -0.3 is 10.3 Å². The first kappa shape index (κ1) is 11.0. The van der Waals surface area contributed by atoms with Crippen molar-refractivity contribution in [1.82, 2.24) is 9.55 Å². The predicted molar refractivity (Wildman–Crippen MR) is 61.9 cm³/mol. The van der Waals surface area contributed by atoms with E-state index in [4.69, 9.17) is 17.3 Å². The molecule has 1 saturated carbocycles. The van der Waals surface area contributed by atoms with Crippen LogP contribution >= 0.6 is 11.6 Å². The highest BCUT2D eigenvalue weighted by Crippen LogP contribution is 2.36. The maximum Gasteiger partial charge on any atom is 0.202 e. The summed E-state index contributed by atoms with van der Waals surface area (Å²) in [5.74, 6) is 0.676. The summed E-state index contributed by atoms with van der Waals surface area (Å²) >= 11 is 6.06. The minimum absolute atomic E-state index is 0.511. The smallest absolute Gasteiger partial charge is 0.202 e. The van der Waals surface area contributed by atoms with Gasteiger partial charge in [-0.25, -0.2) is 4.98 Å². The van der Waals surface area contributed by atoms with Gasteiger partial charge in [0, 0.05) is 18.4 Å². The van der Waals surface area contributed by atoms with E-state index in [-0.39, 0.29) is 0 Å². The fourth-order valence-corrected chi connectivity index (χ4v) is 2.89. The van der Waals surface area contributed by atoms with Crippen LogP contribution in [0.25, 0.3) is 0 Å². The Labute approximate surface area is 95.6 Å². The minimum atomic E-state index is 0.511. The molecule has 0 spiro atoms. The van der Waals surface area contributed by atoms with E-state index < -0.39 is 0 Å². The van der Waals surface area contributed by atoms with Crippen molar-refractivity contribution in [2.75, 3.05) is 6.54 Å². The van der Waals surface area contributed by atoms with Crippen LogP contribution in [-0.4, -0.2) is 16.1 Å². The van der Waals surface area contributed by atoms with Crippen LogP contribution in [0.3, 0.4) is 0 Å². The number of nitrogens with two attached hydrogens (primary N) is 1. The van der Waals surface area contributed by atoms with E-state index in [2.05, 4.69) is 9.55 Å². The van der Waals surface area contributed by atoms with E-state index in [1.807, 2.05) is 6.20 Å². The van der Waals surface area contributed by atoms with Crippen molar-refractivity contribution in [2.45, 2.75) is 38.1 Å². The summed E-state index contributed by atoms with van der Waals surface area (Å²) in [6.07, 6.45) is 9.96.